The Morgan fingerprint density at radius 3 is 2.76 bits per heavy atom. The van der Waals surface area contributed by atoms with Crippen LogP contribution in [0, 0.1) is 11.7 Å². The predicted molar refractivity (Wildman–Crippen MR) is 73.9 cm³/mol. The number of ether oxygens (including phenoxy) is 1. The lowest BCUT2D eigenvalue weighted by molar-refractivity contribution is -0.143. The molecule has 1 N–H and O–H groups in total. The monoisotopic (exact) mass is 293 g/mol. The molecule has 1 heterocycles. The van der Waals surface area contributed by atoms with Crippen molar-refractivity contribution < 1.29 is 23.8 Å². The summed E-state index contributed by atoms with van der Waals surface area (Å²) in [5.41, 5.74) is 0.303. The van der Waals surface area contributed by atoms with Crippen LogP contribution < -0.4 is 0 Å². The summed E-state index contributed by atoms with van der Waals surface area (Å²) < 4.78 is 18.6. The van der Waals surface area contributed by atoms with Crippen LogP contribution in [0.15, 0.2) is 30.3 Å². The number of carboxylic acids is 1. The van der Waals surface area contributed by atoms with Gasteiger partial charge < -0.3 is 14.7 Å². The second-order valence-electron chi connectivity index (χ2n) is 4.85. The van der Waals surface area contributed by atoms with Crippen molar-refractivity contribution in [3.8, 4) is 0 Å². The zero-order chi connectivity index (χ0) is 15.4. The first-order valence-corrected chi connectivity index (χ1v) is 6.50. The van der Waals surface area contributed by atoms with Crippen LogP contribution in [0.2, 0.25) is 0 Å². The van der Waals surface area contributed by atoms with Gasteiger partial charge in [-0.05, 0) is 12.1 Å². The molecule has 5 nitrogen and oxygen atoms in total. The molecule has 2 unspecified atom stereocenters. The van der Waals surface area contributed by atoms with Crippen LogP contribution >= 0.6 is 0 Å². The normalized spacial score (nSPS) is 21.6. The highest BCUT2D eigenvalue weighted by Gasteiger charge is 2.37. The molecule has 0 bridgehead atoms. The van der Waals surface area contributed by atoms with E-state index in [0.717, 1.165) is 0 Å². The standard InChI is InChI=1S/C15H16FNO4/c1-17(13-9-21-8-11(13)15(19)20)14(18)7-6-10-4-2-3-5-12(10)16/h2-7,11,13H,8-9H2,1H3,(H,19,20). The van der Waals surface area contributed by atoms with E-state index in [0.29, 0.717) is 5.56 Å². The fraction of sp³-hybridized carbons (Fsp3) is 0.333. The first kappa shape index (κ1) is 15.2. The van der Waals surface area contributed by atoms with Crippen molar-refractivity contribution in [2.24, 2.45) is 5.92 Å². The van der Waals surface area contributed by atoms with Crippen molar-refractivity contribution in [2.75, 3.05) is 20.3 Å². The number of amides is 1. The number of hydrogen-bond donors (Lipinski definition) is 1. The third-order valence-electron chi connectivity index (χ3n) is 3.52. The maximum absolute atomic E-state index is 13.4. The molecule has 0 aromatic heterocycles. The van der Waals surface area contributed by atoms with E-state index in [-0.39, 0.29) is 19.1 Å². The second kappa shape index (κ2) is 6.49. The Morgan fingerprint density at radius 1 is 1.38 bits per heavy atom. The van der Waals surface area contributed by atoms with Crippen LogP contribution in [0.25, 0.3) is 6.08 Å². The Hall–Kier alpha value is -2.21. The summed E-state index contributed by atoms with van der Waals surface area (Å²) in [6.07, 6.45) is 2.61. The number of carbonyl (C=O) groups is 2. The van der Waals surface area contributed by atoms with Gasteiger partial charge in [-0.3, -0.25) is 9.59 Å². The number of benzene rings is 1. The zero-order valence-corrected chi connectivity index (χ0v) is 11.5. The van der Waals surface area contributed by atoms with Gasteiger partial charge in [0.2, 0.25) is 5.91 Å². The number of hydrogen-bond acceptors (Lipinski definition) is 3. The predicted octanol–water partition coefficient (Wildman–Crippen LogP) is 1.40. The van der Waals surface area contributed by atoms with Gasteiger partial charge >= 0.3 is 5.97 Å². The average molecular weight is 293 g/mol. The van der Waals surface area contributed by atoms with Gasteiger partial charge in [-0.15, -0.1) is 0 Å². The summed E-state index contributed by atoms with van der Waals surface area (Å²) in [7, 11) is 1.52. The maximum Gasteiger partial charge on any atom is 0.311 e. The van der Waals surface area contributed by atoms with Crippen LogP contribution in [0.5, 0.6) is 0 Å². The van der Waals surface area contributed by atoms with E-state index in [1.54, 1.807) is 18.2 Å². The molecule has 2 atom stereocenters. The Labute approximate surface area is 121 Å². The zero-order valence-electron chi connectivity index (χ0n) is 11.5. The Bertz CT molecular complexity index is 573. The van der Waals surface area contributed by atoms with Crippen LogP contribution in [0.3, 0.4) is 0 Å². The topological polar surface area (TPSA) is 66.8 Å². The highest BCUT2D eigenvalue weighted by Crippen LogP contribution is 2.19. The summed E-state index contributed by atoms with van der Waals surface area (Å²) in [6, 6.07) is 5.58. The molecule has 1 aliphatic heterocycles. The van der Waals surface area contributed by atoms with Crippen LogP contribution in [0.4, 0.5) is 4.39 Å². The first-order valence-electron chi connectivity index (χ1n) is 6.50. The lowest BCUT2D eigenvalue weighted by Gasteiger charge is -2.25. The summed E-state index contributed by atoms with van der Waals surface area (Å²) >= 11 is 0. The number of carbonyl (C=O) groups excluding carboxylic acids is 1. The summed E-state index contributed by atoms with van der Waals surface area (Å²) in [6.45, 7) is 0.279. The number of aliphatic carboxylic acids is 1. The molecule has 1 fully saturated rings. The van der Waals surface area contributed by atoms with E-state index in [9.17, 15) is 14.0 Å². The molecule has 1 aliphatic rings. The molecule has 112 valence electrons. The highest BCUT2D eigenvalue weighted by molar-refractivity contribution is 5.92. The minimum atomic E-state index is -0.991. The largest absolute Gasteiger partial charge is 0.481 e. The number of rotatable bonds is 4. The number of likely N-dealkylation sites (N-methyl/N-ethyl adjacent to an activating group) is 1. The Morgan fingerprint density at radius 2 is 2.10 bits per heavy atom. The maximum atomic E-state index is 13.4. The second-order valence-corrected chi connectivity index (χ2v) is 4.85. The fourth-order valence-corrected chi connectivity index (χ4v) is 2.21. The Kier molecular flexibility index (Phi) is 4.70. The number of halogens is 1. The van der Waals surface area contributed by atoms with Gasteiger partial charge in [0.1, 0.15) is 11.7 Å². The molecule has 0 radical (unpaired) electrons. The van der Waals surface area contributed by atoms with Crippen molar-refractivity contribution in [1.82, 2.24) is 4.90 Å². The highest BCUT2D eigenvalue weighted by atomic mass is 19.1. The van der Waals surface area contributed by atoms with Crippen molar-refractivity contribution in [3.05, 3.63) is 41.7 Å². The molecule has 6 heteroatoms. The van der Waals surface area contributed by atoms with E-state index in [2.05, 4.69) is 0 Å². The number of carboxylic acid groups (broad SMARTS) is 1. The van der Waals surface area contributed by atoms with E-state index >= 15 is 0 Å². The molecule has 1 aromatic carbocycles. The number of nitrogens with zero attached hydrogens (tertiary/aromatic N) is 1. The molecular weight excluding hydrogens is 277 g/mol. The smallest absolute Gasteiger partial charge is 0.311 e. The lowest BCUT2D eigenvalue weighted by atomic mass is 10.0. The van der Waals surface area contributed by atoms with Crippen molar-refractivity contribution in [1.29, 1.82) is 0 Å². The summed E-state index contributed by atoms with van der Waals surface area (Å²) in [5, 5.41) is 9.07. The fourth-order valence-electron chi connectivity index (χ4n) is 2.21. The van der Waals surface area contributed by atoms with Gasteiger partial charge in [0.25, 0.3) is 0 Å². The van der Waals surface area contributed by atoms with E-state index in [4.69, 9.17) is 9.84 Å². The molecule has 1 saturated heterocycles. The van der Waals surface area contributed by atoms with Gasteiger partial charge in [-0.2, -0.15) is 0 Å². The van der Waals surface area contributed by atoms with E-state index in [1.165, 1.54) is 30.2 Å². The third-order valence-corrected chi connectivity index (χ3v) is 3.52. The summed E-state index contributed by atoms with van der Waals surface area (Å²) in [4.78, 5) is 24.5. The van der Waals surface area contributed by atoms with Crippen LogP contribution in [-0.2, 0) is 14.3 Å². The lowest BCUT2D eigenvalue weighted by Crippen LogP contribution is -2.43. The van der Waals surface area contributed by atoms with E-state index in [1.807, 2.05) is 0 Å². The van der Waals surface area contributed by atoms with Crippen LogP contribution in [0.1, 0.15) is 5.56 Å². The van der Waals surface area contributed by atoms with E-state index < -0.39 is 23.7 Å². The van der Waals surface area contributed by atoms with Crippen LogP contribution in [-0.4, -0.2) is 48.2 Å². The Balaban J connectivity index is 2.06. The summed E-state index contributed by atoms with van der Waals surface area (Å²) in [5.74, 6) is -2.53. The van der Waals surface area contributed by atoms with Crippen molar-refractivity contribution in [3.63, 3.8) is 0 Å². The van der Waals surface area contributed by atoms with Gasteiger partial charge in [0.05, 0.1) is 19.3 Å². The van der Waals surface area contributed by atoms with Gasteiger partial charge in [0.15, 0.2) is 0 Å². The first-order chi connectivity index (χ1) is 10.0. The molecule has 1 amide bonds. The van der Waals surface area contributed by atoms with Gasteiger partial charge in [0, 0.05) is 18.7 Å². The quantitative estimate of drug-likeness (QED) is 0.852. The molecular formula is C15H16FNO4. The molecule has 1 aromatic rings. The average Bonchev–Trinajstić information content (AvgIpc) is 2.95. The van der Waals surface area contributed by atoms with Crippen molar-refractivity contribution in [2.45, 2.75) is 6.04 Å². The molecule has 0 aliphatic carbocycles. The van der Waals surface area contributed by atoms with Gasteiger partial charge in [-0.1, -0.05) is 18.2 Å². The molecule has 21 heavy (non-hydrogen) atoms. The SMILES string of the molecule is CN(C(=O)C=Cc1ccccc1F)C1COCC1C(=O)O. The van der Waals surface area contributed by atoms with Gasteiger partial charge in [-0.25, -0.2) is 4.39 Å². The third kappa shape index (κ3) is 3.46. The molecule has 0 saturated carbocycles. The minimum absolute atomic E-state index is 0.0919. The minimum Gasteiger partial charge on any atom is -0.481 e. The molecule has 2 rings (SSSR count). The van der Waals surface area contributed by atoms with Crippen molar-refractivity contribution >= 4 is 18.0 Å². The molecule has 0 spiro atoms.